The second-order valence-corrected chi connectivity index (χ2v) is 7.15. The van der Waals surface area contributed by atoms with Crippen LogP contribution in [0.25, 0.3) is 0 Å². The van der Waals surface area contributed by atoms with E-state index < -0.39 is 6.36 Å². The molecule has 0 spiro atoms. The molecule has 0 saturated heterocycles. The summed E-state index contributed by atoms with van der Waals surface area (Å²) in [4.78, 5) is 0. The van der Waals surface area contributed by atoms with E-state index in [-0.39, 0.29) is 11.6 Å². The summed E-state index contributed by atoms with van der Waals surface area (Å²) in [5, 5.41) is 11.4. The average molecular weight is 401 g/mol. The number of thioether (sulfide) groups is 1. The van der Waals surface area contributed by atoms with Crippen molar-refractivity contribution in [2.45, 2.75) is 16.5 Å². The summed E-state index contributed by atoms with van der Waals surface area (Å²) >= 11 is 2.61. The van der Waals surface area contributed by atoms with Crippen molar-refractivity contribution in [2.24, 2.45) is 0 Å². The number of hydrogen-bond acceptors (Lipinski definition) is 6. The topological polar surface area (TPSA) is 47.0 Å². The van der Waals surface area contributed by atoms with Gasteiger partial charge >= 0.3 is 6.36 Å². The van der Waals surface area contributed by atoms with Crippen molar-refractivity contribution >= 4 is 33.9 Å². The Balaban J connectivity index is 1.57. The summed E-state index contributed by atoms with van der Waals surface area (Å²) in [5.74, 6) is -0.157. The van der Waals surface area contributed by atoms with Crippen LogP contribution in [0, 0.1) is 5.82 Å². The Labute approximate surface area is 154 Å². The molecular weight excluding hydrogens is 390 g/mol. The molecule has 2 aromatic carbocycles. The SMILES string of the molecule is Fc1ccccc1CSc1nnc(Nc2ccc(OC(F)(F)F)cc2)s1. The highest BCUT2D eigenvalue weighted by Gasteiger charge is 2.30. The molecule has 1 aromatic heterocycles. The number of ether oxygens (including phenoxy) is 1. The van der Waals surface area contributed by atoms with E-state index in [9.17, 15) is 17.6 Å². The Morgan fingerprint density at radius 1 is 1.04 bits per heavy atom. The third-order valence-corrected chi connectivity index (χ3v) is 5.08. The van der Waals surface area contributed by atoms with Crippen LogP contribution in [0.3, 0.4) is 0 Å². The van der Waals surface area contributed by atoms with E-state index in [1.807, 2.05) is 0 Å². The normalized spacial score (nSPS) is 11.4. The Kier molecular flexibility index (Phi) is 5.62. The van der Waals surface area contributed by atoms with Gasteiger partial charge in [0.15, 0.2) is 4.34 Å². The van der Waals surface area contributed by atoms with Crippen molar-refractivity contribution in [1.29, 1.82) is 0 Å². The lowest BCUT2D eigenvalue weighted by molar-refractivity contribution is -0.274. The molecule has 0 fully saturated rings. The Hall–Kier alpha value is -2.33. The summed E-state index contributed by atoms with van der Waals surface area (Å²) in [6, 6.07) is 11.8. The quantitative estimate of drug-likeness (QED) is 0.430. The van der Waals surface area contributed by atoms with E-state index in [0.717, 1.165) is 0 Å². The van der Waals surface area contributed by atoms with Gasteiger partial charge < -0.3 is 10.1 Å². The molecule has 0 radical (unpaired) electrons. The maximum Gasteiger partial charge on any atom is 0.573 e. The van der Waals surface area contributed by atoms with Crippen molar-refractivity contribution in [1.82, 2.24) is 10.2 Å². The molecule has 1 heterocycles. The van der Waals surface area contributed by atoms with Crippen molar-refractivity contribution in [3.8, 4) is 5.75 Å². The van der Waals surface area contributed by atoms with Crippen LogP contribution in [0.5, 0.6) is 5.75 Å². The third kappa shape index (κ3) is 5.33. The third-order valence-electron chi connectivity index (χ3n) is 3.05. The van der Waals surface area contributed by atoms with Gasteiger partial charge in [0.05, 0.1) is 0 Å². The van der Waals surface area contributed by atoms with E-state index in [4.69, 9.17) is 0 Å². The van der Waals surface area contributed by atoms with Gasteiger partial charge in [0.2, 0.25) is 5.13 Å². The van der Waals surface area contributed by atoms with Crippen LogP contribution in [-0.4, -0.2) is 16.6 Å². The van der Waals surface area contributed by atoms with Gasteiger partial charge in [0, 0.05) is 11.4 Å². The highest BCUT2D eigenvalue weighted by Crippen LogP contribution is 2.31. The molecule has 4 nitrogen and oxygen atoms in total. The summed E-state index contributed by atoms with van der Waals surface area (Å²) in [6.45, 7) is 0. The van der Waals surface area contributed by atoms with Crippen molar-refractivity contribution in [3.63, 3.8) is 0 Å². The van der Waals surface area contributed by atoms with Gasteiger partial charge in [-0.25, -0.2) is 4.39 Å². The minimum absolute atomic E-state index is 0.274. The van der Waals surface area contributed by atoms with E-state index in [2.05, 4.69) is 20.3 Å². The van der Waals surface area contributed by atoms with Gasteiger partial charge in [0.25, 0.3) is 0 Å². The maximum absolute atomic E-state index is 13.6. The van der Waals surface area contributed by atoms with Crippen LogP contribution in [0.2, 0.25) is 0 Å². The van der Waals surface area contributed by atoms with Gasteiger partial charge in [-0.1, -0.05) is 41.3 Å². The summed E-state index contributed by atoms with van der Waals surface area (Å²) in [5.41, 5.74) is 1.11. The molecule has 3 aromatic rings. The molecule has 0 aliphatic carbocycles. The summed E-state index contributed by atoms with van der Waals surface area (Å²) < 4.78 is 54.4. The molecule has 0 aliphatic rings. The maximum atomic E-state index is 13.6. The molecule has 0 bridgehead atoms. The predicted octanol–water partition coefficient (Wildman–Crippen LogP) is 5.61. The standard InChI is InChI=1S/C16H11F4N3OS2/c17-13-4-2-1-3-10(13)9-25-15-23-22-14(26-15)21-11-5-7-12(8-6-11)24-16(18,19)20/h1-8H,9H2,(H,21,22). The number of nitrogens with one attached hydrogen (secondary N) is 1. The number of benzene rings is 2. The molecular formula is C16H11F4N3OS2. The first-order chi connectivity index (χ1) is 12.4. The molecule has 10 heteroatoms. The van der Waals surface area contributed by atoms with Crippen molar-refractivity contribution < 1.29 is 22.3 Å². The van der Waals surface area contributed by atoms with Crippen LogP contribution in [-0.2, 0) is 5.75 Å². The molecule has 0 aliphatic heterocycles. The highest BCUT2D eigenvalue weighted by atomic mass is 32.2. The monoisotopic (exact) mass is 401 g/mol. The number of anilines is 2. The van der Waals surface area contributed by atoms with Crippen LogP contribution >= 0.6 is 23.1 Å². The highest BCUT2D eigenvalue weighted by molar-refractivity contribution is 8.00. The molecule has 3 rings (SSSR count). The fourth-order valence-corrected chi connectivity index (χ4v) is 3.70. The van der Waals surface area contributed by atoms with Crippen LogP contribution < -0.4 is 10.1 Å². The average Bonchev–Trinajstić information content (AvgIpc) is 3.02. The molecule has 0 saturated carbocycles. The lowest BCUT2D eigenvalue weighted by Crippen LogP contribution is -2.16. The van der Waals surface area contributed by atoms with Gasteiger partial charge in [-0.05, 0) is 35.9 Å². The zero-order valence-electron chi connectivity index (χ0n) is 13.0. The summed E-state index contributed by atoms with van der Waals surface area (Å²) in [7, 11) is 0. The van der Waals surface area contributed by atoms with Gasteiger partial charge in [-0.3, -0.25) is 0 Å². The first-order valence-electron chi connectivity index (χ1n) is 7.21. The first-order valence-corrected chi connectivity index (χ1v) is 9.02. The lowest BCUT2D eigenvalue weighted by Gasteiger charge is -2.09. The fraction of sp³-hybridized carbons (Fsp3) is 0.125. The minimum Gasteiger partial charge on any atom is -0.406 e. The number of halogens is 4. The molecule has 0 atom stereocenters. The fourth-order valence-electron chi connectivity index (χ4n) is 1.94. The zero-order valence-corrected chi connectivity index (χ0v) is 14.6. The largest absolute Gasteiger partial charge is 0.573 e. The van der Waals surface area contributed by atoms with E-state index in [0.29, 0.717) is 26.5 Å². The molecule has 0 unspecified atom stereocenters. The Morgan fingerprint density at radius 3 is 2.46 bits per heavy atom. The summed E-state index contributed by atoms with van der Waals surface area (Å²) in [6.07, 6.45) is -4.72. The number of alkyl halides is 3. The van der Waals surface area contributed by atoms with E-state index >= 15 is 0 Å². The van der Waals surface area contributed by atoms with Crippen LogP contribution in [0.1, 0.15) is 5.56 Å². The zero-order chi connectivity index (χ0) is 18.6. The van der Waals surface area contributed by atoms with Gasteiger partial charge in [0.1, 0.15) is 11.6 Å². The van der Waals surface area contributed by atoms with Gasteiger partial charge in [-0.2, -0.15) is 0 Å². The second kappa shape index (κ2) is 7.92. The number of nitrogens with zero attached hydrogens (tertiary/aromatic N) is 2. The molecule has 136 valence electrons. The van der Waals surface area contributed by atoms with E-state index in [1.54, 1.807) is 18.2 Å². The molecule has 26 heavy (non-hydrogen) atoms. The molecule has 1 N–H and O–H groups in total. The minimum atomic E-state index is -4.72. The van der Waals surface area contributed by atoms with Crippen molar-refractivity contribution in [2.75, 3.05) is 5.32 Å². The van der Waals surface area contributed by atoms with E-state index in [1.165, 1.54) is 53.4 Å². The smallest absolute Gasteiger partial charge is 0.406 e. The van der Waals surface area contributed by atoms with Crippen LogP contribution in [0.4, 0.5) is 28.4 Å². The first kappa shape index (κ1) is 18.5. The Bertz CT molecular complexity index is 868. The second-order valence-electron chi connectivity index (χ2n) is 4.95. The van der Waals surface area contributed by atoms with Crippen molar-refractivity contribution in [3.05, 3.63) is 59.9 Å². The predicted molar refractivity (Wildman–Crippen MR) is 92.3 cm³/mol. The van der Waals surface area contributed by atoms with Gasteiger partial charge in [-0.15, -0.1) is 23.4 Å². The number of hydrogen-bond donors (Lipinski definition) is 1. The Morgan fingerprint density at radius 2 is 1.77 bits per heavy atom. The van der Waals surface area contributed by atoms with Crippen LogP contribution in [0.15, 0.2) is 52.9 Å². The number of rotatable bonds is 6. The molecule has 0 amide bonds. The lowest BCUT2D eigenvalue weighted by atomic mass is 10.2. The number of aromatic nitrogens is 2.